The molecule has 1 saturated heterocycles. The van der Waals surface area contributed by atoms with E-state index in [-0.39, 0.29) is 6.04 Å². The van der Waals surface area contributed by atoms with Gasteiger partial charge < -0.3 is 0 Å². The van der Waals surface area contributed by atoms with Gasteiger partial charge in [0.25, 0.3) is 0 Å². The van der Waals surface area contributed by atoms with Crippen molar-refractivity contribution < 1.29 is 0 Å². The second kappa shape index (κ2) is 6.50. The lowest BCUT2D eigenvalue weighted by atomic mass is 9.91. The minimum atomic E-state index is 0.0725. The molecule has 0 radical (unpaired) electrons. The minimum absolute atomic E-state index is 0.0725. The number of hydrogen-bond acceptors (Lipinski definition) is 4. The van der Waals surface area contributed by atoms with Crippen molar-refractivity contribution in [2.24, 2.45) is 5.29 Å². The summed E-state index contributed by atoms with van der Waals surface area (Å²) in [5.41, 5.74) is 5.11. The molecule has 0 aromatic heterocycles. The highest BCUT2D eigenvalue weighted by Gasteiger charge is 2.31. The molecule has 5 nitrogen and oxygen atoms in total. The summed E-state index contributed by atoms with van der Waals surface area (Å²) in [6, 6.07) is 18.8. The first-order valence-electron chi connectivity index (χ1n) is 8.44. The van der Waals surface area contributed by atoms with Crippen LogP contribution in [-0.2, 0) is 0 Å². The van der Waals surface area contributed by atoms with Crippen molar-refractivity contribution in [1.82, 2.24) is 9.91 Å². The molecule has 25 heavy (non-hydrogen) atoms. The molecule has 2 aliphatic rings. The van der Waals surface area contributed by atoms with Crippen LogP contribution in [0, 0.1) is 16.2 Å². The van der Waals surface area contributed by atoms with E-state index in [4.69, 9.17) is 0 Å². The number of benzene rings is 2. The summed E-state index contributed by atoms with van der Waals surface area (Å²) in [5, 5.41) is 14.3. The quantitative estimate of drug-likeness (QED) is 0.791. The maximum absolute atomic E-state index is 10.8. The van der Waals surface area contributed by atoms with E-state index in [1.54, 1.807) is 5.01 Å². The average molecular weight is 330 g/mol. The minimum Gasteiger partial charge on any atom is -0.289 e. The molecule has 5 heteroatoms. The van der Waals surface area contributed by atoms with Crippen molar-refractivity contribution in [1.29, 1.82) is 5.26 Å². The Bertz CT molecular complexity index is 875. The molecular formula is C20H18N4O. The van der Waals surface area contributed by atoms with Crippen molar-refractivity contribution in [3.63, 3.8) is 0 Å². The van der Waals surface area contributed by atoms with Crippen molar-refractivity contribution >= 4 is 11.6 Å². The fraction of sp³-hybridized carbons (Fsp3) is 0.250. The van der Waals surface area contributed by atoms with Crippen LogP contribution in [0.2, 0.25) is 0 Å². The first-order chi connectivity index (χ1) is 12.3. The van der Waals surface area contributed by atoms with E-state index in [2.05, 4.69) is 34.5 Å². The lowest BCUT2D eigenvalue weighted by molar-refractivity contribution is 0.111. The molecule has 124 valence electrons. The molecule has 1 atom stereocenters. The van der Waals surface area contributed by atoms with Gasteiger partial charge >= 0.3 is 0 Å². The predicted octanol–water partition coefficient (Wildman–Crippen LogP) is 3.45. The van der Waals surface area contributed by atoms with Gasteiger partial charge in [-0.1, -0.05) is 48.5 Å². The summed E-state index contributed by atoms with van der Waals surface area (Å²) < 4.78 is 0. The zero-order valence-corrected chi connectivity index (χ0v) is 13.8. The van der Waals surface area contributed by atoms with Crippen LogP contribution < -0.4 is 0 Å². The van der Waals surface area contributed by atoms with Crippen LogP contribution in [-0.4, -0.2) is 36.1 Å². The molecule has 1 aliphatic carbocycles. The maximum Gasteiger partial charge on any atom is 0.0998 e. The summed E-state index contributed by atoms with van der Waals surface area (Å²) in [5.74, 6) is 0. The number of nitrogens with zero attached hydrogens (tertiary/aromatic N) is 4. The van der Waals surface area contributed by atoms with Crippen molar-refractivity contribution in [3.8, 4) is 6.07 Å². The van der Waals surface area contributed by atoms with Crippen LogP contribution in [0.1, 0.15) is 28.3 Å². The Hall–Kier alpha value is -2.97. The molecule has 0 saturated carbocycles. The molecular weight excluding hydrogens is 312 g/mol. The summed E-state index contributed by atoms with van der Waals surface area (Å²) in [4.78, 5) is 13.2. The highest BCUT2D eigenvalue weighted by Crippen LogP contribution is 2.39. The Kier molecular flexibility index (Phi) is 4.04. The molecule has 0 N–H and O–H groups in total. The molecule has 0 amide bonds. The smallest absolute Gasteiger partial charge is 0.0998 e. The molecule has 2 aromatic carbocycles. The van der Waals surface area contributed by atoms with E-state index in [1.165, 1.54) is 5.56 Å². The van der Waals surface area contributed by atoms with E-state index < -0.39 is 0 Å². The fourth-order valence-corrected chi connectivity index (χ4v) is 3.81. The van der Waals surface area contributed by atoms with Crippen molar-refractivity contribution in [2.45, 2.75) is 6.04 Å². The van der Waals surface area contributed by atoms with Gasteiger partial charge in [0.2, 0.25) is 0 Å². The molecule has 1 fully saturated rings. The molecule has 2 aromatic rings. The Labute approximate surface area is 146 Å². The third-order valence-electron chi connectivity index (χ3n) is 5.03. The lowest BCUT2D eigenvalue weighted by Gasteiger charge is -2.38. The van der Waals surface area contributed by atoms with E-state index in [0.29, 0.717) is 18.7 Å². The summed E-state index contributed by atoms with van der Waals surface area (Å²) in [7, 11) is 0. The molecule has 4 rings (SSSR count). The fourth-order valence-electron chi connectivity index (χ4n) is 3.81. The van der Waals surface area contributed by atoms with Crippen LogP contribution in [0.4, 0.5) is 0 Å². The Morgan fingerprint density at radius 3 is 2.36 bits per heavy atom. The maximum atomic E-state index is 10.8. The Morgan fingerprint density at radius 2 is 1.64 bits per heavy atom. The standard InChI is InChI=1S/C20H18N4O/c21-14-16-13-15-5-1-2-7-18(15)20(19-8-4-3-6-17(16)19)23-9-11-24(22-25)12-10-23/h1-8,13,20H,9-12H2. The third-order valence-corrected chi connectivity index (χ3v) is 5.03. The topological polar surface area (TPSA) is 59.7 Å². The predicted molar refractivity (Wildman–Crippen MR) is 97.2 cm³/mol. The Morgan fingerprint density at radius 1 is 0.960 bits per heavy atom. The Balaban J connectivity index is 1.85. The first kappa shape index (κ1) is 15.6. The first-order valence-corrected chi connectivity index (χ1v) is 8.44. The highest BCUT2D eigenvalue weighted by atomic mass is 16.3. The number of rotatable bonds is 2. The number of piperazine rings is 1. The zero-order valence-electron chi connectivity index (χ0n) is 13.8. The van der Waals surface area contributed by atoms with Crippen molar-refractivity contribution in [3.05, 3.63) is 75.7 Å². The molecule has 0 bridgehead atoms. The molecule has 0 spiro atoms. The van der Waals surface area contributed by atoms with Gasteiger partial charge in [0, 0.05) is 13.1 Å². The van der Waals surface area contributed by atoms with Crippen LogP contribution in [0.25, 0.3) is 11.6 Å². The normalized spacial score (nSPS) is 19.9. The lowest BCUT2D eigenvalue weighted by Crippen LogP contribution is -2.45. The average Bonchev–Trinajstić information content (AvgIpc) is 2.82. The number of nitriles is 1. The van der Waals surface area contributed by atoms with Gasteiger partial charge in [0.05, 0.1) is 36.1 Å². The summed E-state index contributed by atoms with van der Waals surface area (Å²) in [6.45, 7) is 2.79. The van der Waals surface area contributed by atoms with E-state index >= 15 is 0 Å². The molecule has 1 heterocycles. The van der Waals surface area contributed by atoms with Gasteiger partial charge in [-0.3, -0.25) is 9.91 Å². The number of fused-ring (bicyclic) bond motifs is 2. The van der Waals surface area contributed by atoms with Crippen LogP contribution in [0.5, 0.6) is 0 Å². The van der Waals surface area contributed by atoms with Gasteiger partial charge in [-0.2, -0.15) is 5.26 Å². The second-order valence-corrected chi connectivity index (χ2v) is 6.36. The number of allylic oxidation sites excluding steroid dienone is 1. The van der Waals surface area contributed by atoms with Gasteiger partial charge in [-0.05, 0) is 28.3 Å². The number of hydrogen-bond donors (Lipinski definition) is 0. The zero-order chi connectivity index (χ0) is 17.2. The van der Waals surface area contributed by atoms with Gasteiger partial charge in [0.15, 0.2) is 0 Å². The highest BCUT2D eigenvalue weighted by molar-refractivity contribution is 5.93. The van der Waals surface area contributed by atoms with Gasteiger partial charge in [-0.15, -0.1) is 4.91 Å². The SMILES string of the molecule is N#CC1=Cc2ccccc2C(N2CCN(N=O)CC2)c2ccccc21. The second-order valence-electron chi connectivity index (χ2n) is 6.36. The molecule has 1 aliphatic heterocycles. The van der Waals surface area contributed by atoms with Crippen LogP contribution in [0.15, 0.2) is 53.8 Å². The largest absolute Gasteiger partial charge is 0.289 e. The van der Waals surface area contributed by atoms with E-state index in [1.807, 2.05) is 36.4 Å². The van der Waals surface area contributed by atoms with Crippen molar-refractivity contribution in [2.75, 3.05) is 26.2 Å². The summed E-state index contributed by atoms with van der Waals surface area (Å²) in [6.07, 6.45) is 1.98. The molecule has 1 unspecified atom stereocenters. The number of nitroso groups, excluding NO2 is 1. The third kappa shape index (κ3) is 2.71. The monoisotopic (exact) mass is 330 g/mol. The summed E-state index contributed by atoms with van der Waals surface area (Å²) >= 11 is 0. The van der Waals surface area contributed by atoms with Crippen LogP contribution >= 0.6 is 0 Å². The van der Waals surface area contributed by atoms with E-state index in [9.17, 15) is 10.2 Å². The van der Waals surface area contributed by atoms with Gasteiger partial charge in [-0.25, -0.2) is 0 Å². The van der Waals surface area contributed by atoms with E-state index in [0.717, 1.165) is 29.8 Å². The van der Waals surface area contributed by atoms with Crippen LogP contribution in [0.3, 0.4) is 0 Å². The van der Waals surface area contributed by atoms with Gasteiger partial charge in [0.1, 0.15) is 0 Å².